The number of carbonyl (C=O) groups is 1. The van der Waals surface area contributed by atoms with Crippen LogP contribution in [0.2, 0.25) is 10.0 Å². The molecular formula is C18H18Cl2N2O4S. The molecule has 1 aliphatic heterocycles. The third kappa shape index (κ3) is 5.13. The Kier molecular flexibility index (Phi) is 6.26. The van der Waals surface area contributed by atoms with Gasteiger partial charge in [0.1, 0.15) is 4.90 Å². The first kappa shape index (κ1) is 19.9. The molecule has 27 heavy (non-hydrogen) atoms. The number of amides is 1. The van der Waals surface area contributed by atoms with Gasteiger partial charge >= 0.3 is 0 Å². The van der Waals surface area contributed by atoms with Crippen LogP contribution in [0.25, 0.3) is 0 Å². The Labute approximate surface area is 167 Å². The Hall–Kier alpha value is -1.80. The van der Waals surface area contributed by atoms with Crippen LogP contribution in [-0.2, 0) is 14.8 Å². The van der Waals surface area contributed by atoms with Crippen LogP contribution in [0.3, 0.4) is 0 Å². The Bertz CT molecular complexity index is 927. The number of rotatable bonds is 6. The molecule has 0 radical (unpaired) electrons. The van der Waals surface area contributed by atoms with Crippen LogP contribution in [0.1, 0.15) is 23.2 Å². The number of nitrogens with one attached hydrogen (secondary N) is 2. The van der Waals surface area contributed by atoms with Crippen molar-refractivity contribution in [1.82, 2.24) is 5.32 Å². The molecule has 0 aliphatic carbocycles. The van der Waals surface area contributed by atoms with E-state index in [2.05, 4.69) is 10.0 Å². The van der Waals surface area contributed by atoms with Crippen molar-refractivity contribution in [2.75, 3.05) is 17.9 Å². The number of carbonyl (C=O) groups excluding carboxylic acids is 1. The minimum absolute atomic E-state index is 0.0578. The number of halogens is 2. The van der Waals surface area contributed by atoms with E-state index in [9.17, 15) is 13.2 Å². The molecule has 9 heteroatoms. The predicted octanol–water partition coefficient (Wildman–Crippen LogP) is 3.70. The van der Waals surface area contributed by atoms with E-state index in [1.54, 1.807) is 12.1 Å². The van der Waals surface area contributed by atoms with Gasteiger partial charge in [0, 0.05) is 29.4 Å². The highest BCUT2D eigenvalue weighted by Gasteiger charge is 2.19. The van der Waals surface area contributed by atoms with E-state index in [1.165, 1.54) is 30.3 Å². The van der Waals surface area contributed by atoms with Crippen LogP contribution in [0.5, 0.6) is 0 Å². The van der Waals surface area contributed by atoms with Crippen molar-refractivity contribution in [2.45, 2.75) is 23.8 Å². The van der Waals surface area contributed by atoms with Gasteiger partial charge in [-0.2, -0.15) is 0 Å². The first-order valence-electron chi connectivity index (χ1n) is 8.33. The molecule has 1 unspecified atom stereocenters. The summed E-state index contributed by atoms with van der Waals surface area (Å²) in [5.74, 6) is -0.238. The number of benzene rings is 2. The number of ether oxygens (including phenoxy) is 1. The zero-order valence-electron chi connectivity index (χ0n) is 14.2. The van der Waals surface area contributed by atoms with E-state index in [0.717, 1.165) is 19.4 Å². The molecule has 2 aromatic carbocycles. The molecule has 0 saturated carbocycles. The minimum Gasteiger partial charge on any atom is -0.376 e. The summed E-state index contributed by atoms with van der Waals surface area (Å²) >= 11 is 11.8. The Morgan fingerprint density at radius 1 is 1.15 bits per heavy atom. The Balaban J connectivity index is 1.66. The molecule has 1 amide bonds. The number of sulfonamides is 1. The van der Waals surface area contributed by atoms with Crippen molar-refractivity contribution < 1.29 is 17.9 Å². The third-order valence-electron chi connectivity index (χ3n) is 4.10. The highest BCUT2D eigenvalue weighted by molar-refractivity contribution is 7.92. The maximum atomic E-state index is 12.5. The molecule has 0 bridgehead atoms. The molecule has 1 fully saturated rings. The third-order valence-corrected chi connectivity index (χ3v) is 6.19. The van der Waals surface area contributed by atoms with Gasteiger partial charge in [0.05, 0.1) is 11.1 Å². The molecule has 1 saturated heterocycles. The van der Waals surface area contributed by atoms with Crippen LogP contribution in [0.4, 0.5) is 5.69 Å². The molecule has 6 nitrogen and oxygen atoms in total. The van der Waals surface area contributed by atoms with Gasteiger partial charge in [0.2, 0.25) is 0 Å². The van der Waals surface area contributed by atoms with Gasteiger partial charge in [-0.1, -0.05) is 23.2 Å². The van der Waals surface area contributed by atoms with Crippen molar-refractivity contribution in [3.8, 4) is 0 Å². The summed E-state index contributed by atoms with van der Waals surface area (Å²) in [5, 5.41) is 3.14. The van der Waals surface area contributed by atoms with Crippen molar-refractivity contribution in [3.63, 3.8) is 0 Å². The average molecular weight is 429 g/mol. The lowest BCUT2D eigenvalue weighted by molar-refractivity contribution is 0.0858. The fourth-order valence-electron chi connectivity index (χ4n) is 2.70. The second-order valence-electron chi connectivity index (χ2n) is 6.10. The smallest absolute Gasteiger partial charge is 0.263 e. The maximum Gasteiger partial charge on any atom is 0.263 e. The topological polar surface area (TPSA) is 84.5 Å². The zero-order chi connectivity index (χ0) is 19.4. The highest BCUT2D eigenvalue weighted by atomic mass is 35.5. The fraction of sp³-hybridized carbons (Fsp3) is 0.278. The van der Waals surface area contributed by atoms with Gasteiger partial charge in [0.15, 0.2) is 0 Å². The van der Waals surface area contributed by atoms with Gasteiger partial charge in [-0.25, -0.2) is 8.42 Å². The molecular weight excluding hydrogens is 411 g/mol. The molecule has 1 atom stereocenters. The van der Waals surface area contributed by atoms with E-state index < -0.39 is 10.0 Å². The van der Waals surface area contributed by atoms with Crippen molar-refractivity contribution in [2.24, 2.45) is 0 Å². The molecule has 1 heterocycles. The average Bonchev–Trinajstić information content (AvgIpc) is 3.15. The maximum absolute atomic E-state index is 12.5. The minimum atomic E-state index is -3.90. The lowest BCUT2D eigenvalue weighted by Crippen LogP contribution is -2.31. The first-order valence-corrected chi connectivity index (χ1v) is 10.6. The highest BCUT2D eigenvalue weighted by Crippen LogP contribution is 2.27. The second-order valence-corrected chi connectivity index (χ2v) is 8.60. The number of hydrogen-bond acceptors (Lipinski definition) is 4. The van der Waals surface area contributed by atoms with E-state index in [0.29, 0.717) is 17.8 Å². The summed E-state index contributed by atoms with van der Waals surface area (Å²) in [6.45, 7) is 1.19. The lowest BCUT2D eigenvalue weighted by atomic mass is 10.2. The van der Waals surface area contributed by atoms with Crippen molar-refractivity contribution >= 4 is 44.8 Å². The van der Waals surface area contributed by atoms with E-state index in [1.807, 2.05) is 0 Å². The quantitative estimate of drug-likeness (QED) is 0.734. The Morgan fingerprint density at radius 3 is 2.56 bits per heavy atom. The molecule has 0 spiro atoms. The molecule has 144 valence electrons. The van der Waals surface area contributed by atoms with Crippen molar-refractivity contribution in [1.29, 1.82) is 0 Å². The van der Waals surface area contributed by atoms with Crippen LogP contribution < -0.4 is 10.0 Å². The molecule has 0 aromatic heterocycles. The van der Waals surface area contributed by atoms with Gasteiger partial charge in [-0.05, 0) is 55.3 Å². The van der Waals surface area contributed by atoms with Gasteiger partial charge in [-0.3, -0.25) is 9.52 Å². The van der Waals surface area contributed by atoms with Gasteiger partial charge in [-0.15, -0.1) is 0 Å². The monoisotopic (exact) mass is 428 g/mol. The van der Waals surface area contributed by atoms with E-state index in [-0.39, 0.29) is 27.0 Å². The van der Waals surface area contributed by atoms with Gasteiger partial charge in [0.25, 0.3) is 15.9 Å². The predicted molar refractivity (Wildman–Crippen MR) is 105 cm³/mol. The fourth-order valence-corrected chi connectivity index (χ4v) is 4.52. The van der Waals surface area contributed by atoms with Crippen LogP contribution in [0.15, 0.2) is 47.4 Å². The molecule has 1 aliphatic rings. The van der Waals surface area contributed by atoms with Crippen LogP contribution in [-0.4, -0.2) is 33.6 Å². The molecule has 3 rings (SSSR count). The SMILES string of the molecule is O=C(NCC1CCCO1)c1ccc(NS(=O)(=O)c2cc(Cl)ccc2Cl)cc1. The number of hydrogen-bond donors (Lipinski definition) is 2. The van der Waals surface area contributed by atoms with Crippen molar-refractivity contribution in [3.05, 3.63) is 58.1 Å². The van der Waals surface area contributed by atoms with Crippen LogP contribution in [0, 0.1) is 0 Å². The molecule has 2 N–H and O–H groups in total. The summed E-state index contributed by atoms with van der Waals surface area (Å²) in [7, 11) is -3.90. The van der Waals surface area contributed by atoms with Gasteiger partial charge < -0.3 is 10.1 Å². The summed E-state index contributed by atoms with van der Waals surface area (Å²) in [6, 6.07) is 10.3. The zero-order valence-corrected chi connectivity index (χ0v) is 16.6. The normalized spacial score (nSPS) is 16.9. The largest absolute Gasteiger partial charge is 0.376 e. The second kappa shape index (κ2) is 8.48. The summed E-state index contributed by atoms with van der Waals surface area (Å²) in [5.41, 5.74) is 0.735. The summed E-state index contributed by atoms with van der Waals surface area (Å²) in [4.78, 5) is 12.0. The number of anilines is 1. The van der Waals surface area contributed by atoms with E-state index in [4.69, 9.17) is 27.9 Å². The Morgan fingerprint density at radius 2 is 1.89 bits per heavy atom. The summed E-state index contributed by atoms with van der Waals surface area (Å²) < 4.78 is 32.9. The molecule has 2 aromatic rings. The summed E-state index contributed by atoms with van der Waals surface area (Å²) in [6.07, 6.45) is 2.00. The van der Waals surface area contributed by atoms with Crippen LogP contribution >= 0.6 is 23.2 Å². The van der Waals surface area contributed by atoms with E-state index >= 15 is 0 Å². The first-order chi connectivity index (χ1) is 12.8. The standard InChI is InChI=1S/C18H18Cl2N2O4S/c19-13-5-8-16(20)17(10-13)27(24,25)22-14-6-3-12(4-7-14)18(23)21-11-15-2-1-9-26-15/h3-8,10,15,22H,1-2,9,11H2,(H,21,23). The lowest BCUT2D eigenvalue weighted by Gasteiger charge is -2.12.